The molecule has 0 fully saturated rings. The Bertz CT molecular complexity index is 289. The largest absolute Gasteiger partial charge is 0.436 e. The van der Waals surface area contributed by atoms with E-state index in [1.807, 2.05) is 10.6 Å². The normalized spacial score (nSPS) is 10.0. The van der Waals surface area contributed by atoms with E-state index < -0.39 is 16.3 Å². The third-order valence-corrected chi connectivity index (χ3v) is 1.75. The van der Waals surface area contributed by atoms with Crippen LogP contribution in [0.2, 0.25) is 0 Å². The molecular weight excluding hydrogens is 184 g/mol. The van der Waals surface area contributed by atoms with Crippen LogP contribution in [-0.4, -0.2) is 28.2 Å². The van der Waals surface area contributed by atoms with E-state index in [9.17, 15) is 13.2 Å². The fraction of sp³-hybridized carbons (Fsp3) is 0.400. The summed E-state index contributed by atoms with van der Waals surface area (Å²) in [7, 11) is -2.64. The Balaban J connectivity index is 3.95. The lowest BCUT2D eigenvalue weighted by Crippen LogP contribution is -2.38. The standard InChI is InChI=1S/C5H8N2O4S/c1-3-4-11-5(8)7-12(9,10)6-2/h1,6H,4H2,2H3,(H,7,8). The first-order chi connectivity index (χ1) is 5.52. The van der Waals surface area contributed by atoms with Crippen LogP contribution in [0.1, 0.15) is 0 Å². The van der Waals surface area contributed by atoms with Crippen molar-refractivity contribution in [2.24, 2.45) is 0 Å². The molecule has 0 rings (SSSR count). The minimum atomic E-state index is -3.79. The molecule has 0 bridgehead atoms. The Morgan fingerprint density at radius 2 is 2.25 bits per heavy atom. The molecule has 0 aliphatic rings. The summed E-state index contributed by atoms with van der Waals surface area (Å²) in [5.41, 5.74) is 0. The molecule has 0 saturated carbocycles. The van der Waals surface area contributed by atoms with Gasteiger partial charge in [-0.3, -0.25) is 0 Å². The summed E-state index contributed by atoms with van der Waals surface area (Å²) < 4.78 is 28.8. The predicted molar refractivity (Wildman–Crippen MR) is 41.3 cm³/mol. The molecule has 0 aliphatic carbocycles. The maximum absolute atomic E-state index is 10.6. The Morgan fingerprint density at radius 1 is 1.67 bits per heavy atom. The second-order valence-electron chi connectivity index (χ2n) is 1.59. The molecule has 0 spiro atoms. The molecule has 0 radical (unpaired) electrons. The van der Waals surface area contributed by atoms with Gasteiger partial charge in [-0.2, -0.15) is 8.42 Å². The van der Waals surface area contributed by atoms with Crippen molar-refractivity contribution in [1.29, 1.82) is 0 Å². The van der Waals surface area contributed by atoms with Gasteiger partial charge in [0.2, 0.25) is 0 Å². The third-order valence-electron chi connectivity index (χ3n) is 0.773. The van der Waals surface area contributed by atoms with Crippen molar-refractivity contribution in [1.82, 2.24) is 9.44 Å². The van der Waals surface area contributed by atoms with Crippen LogP contribution in [0, 0.1) is 12.3 Å². The number of ether oxygens (including phenoxy) is 1. The van der Waals surface area contributed by atoms with Crippen molar-refractivity contribution in [2.75, 3.05) is 13.7 Å². The highest BCUT2D eigenvalue weighted by atomic mass is 32.2. The van der Waals surface area contributed by atoms with Gasteiger partial charge in [-0.1, -0.05) is 5.92 Å². The van der Waals surface area contributed by atoms with Crippen LogP contribution in [0.3, 0.4) is 0 Å². The van der Waals surface area contributed by atoms with Crippen LogP contribution in [0.15, 0.2) is 0 Å². The number of carbonyl (C=O) groups excluding carboxylic acids is 1. The van der Waals surface area contributed by atoms with E-state index in [1.54, 1.807) is 4.72 Å². The fourth-order valence-corrected chi connectivity index (χ4v) is 0.678. The molecule has 0 aromatic heterocycles. The smallest absolute Gasteiger partial charge is 0.422 e. The van der Waals surface area contributed by atoms with Gasteiger partial charge in [0.15, 0.2) is 6.61 Å². The van der Waals surface area contributed by atoms with Gasteiger partial charge in [0, 0.05) is 7.05 Å². The second-order valence-corrected chi connectivity index (χ2v) is 3.21. The zero-order chi connectivity index (χ0) is 9.61. The first-order valence-corrected chi connectivity index (χ1v) is 4.31. The van der Waals surface area contributed by atoms with Crippen molar-refractivity contribution in [3.05, 3.63) is 0 Å². The van der Waals surface area contributed by atoms with Gasteiger partial charge in [0.05, 0.1) is 0 Å². The molecule has 1 amide bonds. The molecule has 0 unspecified atom stereocenters. The molecule has 7 heteroatoms. The molecule has 0 aliphatic heterocycles. The van der Waals surface area contributed by atoms with Gasteiger partial charge < -0.3 is 4.74 Å². The van der Waals surface area contributed by atoms with Crippen molar-refractivity contribution >= 4 is 16.3 Å². The molecule has 12 heavy (non-hydrogen) atoms. The summed E-state index contributed by atoms with van der Waals surface area (Å²) in [6.07, 6.45) is 3.64. The number of rotatable bonds is 3. The van der Waals surface area contributed by atoms with E-state index in [0.29, 0.717) is 0 Å². The first kappa shape index (κ1) is 10.7. The highest BCUT2D eigenvalue weighted by Crippen LogP contribution is 1.79. The molecule has 0 heterocycles. The summed E-state index contributed by atoms with van der Waals surface area (Å²) in [4.78, 5) is 10.5. The number of hydrogen-bond donors (Lipinski definition) is 2. The van der Waals surface area contributed by atoms with Crippen LogP contribution >= 0.6 is 0 Å². The number of carbonyl (C=O) groups is 1. The van der Waals surface area contributed by atoms with Crippen molar-refractivity contribution < 1.29 is 17.9 Å². The van der Waals surface area contributed by atoms with Crippen LogP contribution < -0.4 is 9.44 Å². The Hall–Kier alpha value is -1.26. The SMILES string of the molecule is C#CCOC(=O)NS(=O)(=O)NC. The van der Waals surface area contributed by atoms with E-state index in [4.69, 9.17) is 6.42 Å². The molecule has 68 valence electrons. The molecule has 0 saturated heterocycles. The number of terminal acetylenes is 1. The Morgan fingerprint density at radius 3 is 2.67 bits per heavy atom. The monoisotopic (exact) mass is 192 g/mol. The number of amides is 1. The predicted octanol–water partition coefficient (Wildman–Crippen LogP) is -1.19. The molecule has 6 nitrogen and oxygen atoms in total. The minimum Gasteiger partial charge on any atom is -0.436 e. The van der Waals surface area contributed by atoms with Crippen LogP contribution in [0.25, 0.3) is 0 Å². The first-order valence-electron chi connectivity index (χ1n) is 2.83. The molecule has 0 aromatic carbocycles. The van der Waals surface area contributed by atoms with Crippen LogP contribution in [-0.2, 0) is 14.9 Å². The number of nitrogens with one attached hydrogen (secondary N) is 2. The minimum absolute atomic E-state index is 0.273. The zero-order valence-corrected chi connectivity index (χ0v) is 7.14. The zero-order valence-electron chi connectivity index (χ0n) is 6.33. The summed E-state index contributed by atoms with van der Waals surface area (Å²) in [5.74, 6) is 2.00. The Labute approximate surface area is 70.5 Å². The van der Waals surface area contributed by atoms with Gasteiger partial charge in [0.1, 0.15) is 0 Å². The van der Waals surface area contributed by atoms with Crippen molar-refractivity contribution in [2.45, 2.75) is 0 Å². The van der Waals surface area contributed by atoms with Crippen LogP contribution in [0.4, 0.5) is 4.79 Å². The summed E-state index contributed by atoms with van der Waals surface area (Å²) in [5, 5.41) is 0. The second kappa shape index (κ2) is 4.58. The fourth-order valence-electron chi connectivity index (χ4n) is 0.297. The molecule has 0 atom stereocenters. The van der Waals surface area contributed by atoms with Crippen molar-refractivity contribution in [3.8, 4) is 12.3 Å². The Kier molecular flexibility index (Phi) is 4.10. The van der Waals surface area contributed by atoms with Gasteiger partial charge in [-0.15, -0.1) is 6.42 Å². The van der Waals surface area contributed by atoms with Gasteiger partial charge in [0.25, 0.3) is 0 Å². The highest BCUT2D eigenvalue weighted by Gasteiger charge is 2.11. The summed E-state index contributed by atoms with van der Waals surface area (Å²) in [6.45, 7) is -0.273. The van der Waals surface area contributed by atoms with Gasteiger partial charge in [-0.25, -0.2) is 14.2 Å². The van der Waals surface area contributed by atoms with Gasteiger partial charge >= 0.3 is 16.3 Å². The molecular formula is C5H8N2O4S. The lowest BCUT2D eigenvalue weighted by atomic mass is 10.8. The lowest BCUT2D eigenvalue weighted by Gasteiger charge is -2.03. The maximum atomic E-state index is 10.6. The summed E-state index contributed by atoms with van der Waals surface area (Å²) >= 11 is 0. The lowest BCUT2D eigenvalue weighted by molar-refractivity contribution is 0.166. The highest BCUT2D eigenvalue weighted by molar-refractivity contribution is 7.88. The average molecular weight is 192 g/mol. The summed E-state index contributed by atoms with van der Waals surface area (Å²) in [6, 6.07) is 0. The van der Waals surface area contributed by atoms with Crippen molar-refractivity contribution in [3.63, 3.8) is 0 Å². The van der Waals surface area contributed by atoms with E-state index in [1.165, 1.54) is 0 Å². The maximum Gasteiger partial charge on any atom is 0.422 e. The number of hydrogen-bond acceptors (Lipinski definition) is 4. The van der Waals surface area contributed by atoms with E-state index in [0.717, 1.165) is 7.05 Å². The van der Waals surface area contributed by atoms with Crippen LogP contribution in [0.5, 0.6) is 0 Å². The van der Waals surface area contributed by atoms with Gasteiger partial charge in [-0.05, 0) is 0 Å². The quantitative estimate of drug-likeness (QED) is 0.551. The molecule has 2 N–H and O–H groups in total. The topological polar surface area (TPSA) is 84.5 Å². The average Bonchev–Trinajstić information content (AvgIpc) is 2.00. The third kappa shape index (κ3) is 4.54. The van der Waals surface area contributed by atoms with E-state index in [-0.39, 0.29) is 6.61 Å². The molecule has 0 aromatic rings. The van der Waals surface area contributed by atoms with E-state index in [2.05, 4.69) is 4.74 Å². The van der Waals surface area contributed by atoms with E-state index >= 15 is 0 Å².